The third-order valence-corrected chi connectivity index (χ3v) is 10.8. The van der Waals surface area contributed by atoms with E-state index in [1.807, 2.05) is 48.7 Å². The van der Waals surface area contributed by atoms with Gasteiger partial charge in [0.15, 0.2) is 5.82 Å². The number of benzene rings is 7. The summed E-state index contributed by atoms with van der Waals surface area (Å²) in [5.74, 6) is 0.702. The van der Waals surface area contributed by atoms with Crippen molar-refractivity contribution in [2.75, 3.05) is 0 Å². The van der Waals surface area contributed by atoms with Gasteiger partial charge in [0.05, 0.1) is 27.9 Å². The molecular weight excluding hydrogens is 683 g/mol. The number of nitrogens with zero attached hydrogens (tertiary/aromatic N) is 5. The van der Waals surface area contributed by atoms with Gasteiger partial charge in [-0.15, -0.1) is 0 Å². The van der Waals surface area contributed by atoms with Crippen LogP contribution in [0, 0.1) is 0 Å². The van der Waals surface area contributed by atoms with Gasteiger partial charge in [0, 0.05) is 55.8 Å². The summed E-state index contributed by atoms with van der Waals surface area (Å²) in [6, 6.07) is 68.3. The van der Waals surface area contributed by atoms with Crippen LogP contribution in [0.4, 0.5) is 0 Å². The van der Waals surface area contributed by atoms with E-state index in [0.717, 1.165) is 61.6 Å². The Balaban J connectivity index is 1.03. The van der Waals surface area contributed by atoms with Gasteiger partial charge in [-0.2, -0.15) is 0 Å². The molecule has 7 aromatic carbocycles. The van der Waals surface area contributed by atoms with Crippen molar-refractivity contribution in [1.29, 1.82) is 0 Å². The van der Waals surface area contributed by atoms with Crippen LogP contribution in [0.1, 0.15) is 0 Å². The largest absolute Gasteiger partial charge is 0.309 e. The first-order valence-corrected chi connectivity index (χ1v) is 18.9. The number of hydrogen-bond acceptors (Lipinski definition) is 3. The lowest BCUT2D eigenvalue weighted by atomic mass is 10.0. The molecule has 0 amide bonds. The van der Waals surface area contributed by atoms with Crippen molar-refractivity contribution in [3.8, 4) is 56.4 Å². The number of rotatable bonds is 6. The van der Waals surface area contributed by atoms with Gasteiger partial charge in [0.25, 0.3) is 0 Å². The predicted molar refractivity (Wildman–Crippen MR) is 230 cm³/mol. The molecule has 0 radical (unpaired) electrons. The Bertz CT molecular complexity index is 3160. The lowest BCUT2D eigenvalue weighted by molar-refractivity contribution is 1.13. The molecule has 11 rings (SSSR count). The van der Waals surface area contributed by atoms with Gasteiger partial charge in [0.1, 0.15) is 5.65 Å². The van der Waals surface area contributed by atoms with Crippen molar-refractivity contribution in [1.82, 2.24) is 24.1 Å². The van der Waals surface area contributed by atoms with Crippen molar-refractivity contribution in [3.05, 3.63) is 200 Å². The van der Waals surface area contributed by atoms with E-state index in [2.05, 4.69) is 161 Å². The maximum Gasteiger partial charge on any atom is 0.160 e. The molecule has 0 unspecified atom stereocenters. The molecule has 56 heavy (non-hydrogen) atoms. The van der Waals surface area contributed by atoms with E-state index in [9.17, 15) is 0 Å². The molecule has 0 bridgehead atoms. The summed E-state index contributed by atoms with van der Waals surface area (Å²) < 4.78 is 4.64. The highest BCUT2D eigenvalue weighted by atomic mass is 15.0. The van der Waals surface area contributed by atoms with Crippen LogP contribution in [0.15, 0.2) is 200 Å². The number of para-hydroxylation sites is 2. The molecule has 0 aliphatic rings. The molecule has 11 aromatic rings. The Morgan fingerprint density at radius 1 is 0.321 bits per heavy atom. The van der Waals surface area contributed by atoms with Crippen molar-refractivity contribution >= 4 is 43.7 Å². The monoisotopic (exact) mass is 715 g/mol. The van der Waals surface area contributed by atoms with E-state index in [1.54, 1.807) is 0 Å². The zero-order valence-electron chi connectivity index (χ0n) is 30.3. The minimum Gasteiger partial charge on any atom is -0.309 e. The first-order chi connectivity index (χ1) is 27.8. The van der Waals surface area contributed by atoms with Crippen molar-refractivity contribution in [2.24, 2.45) is 0 Å². The molecule has 0 atom stereocenters. The molecule has 0 aliphatic carbocycles. The lowest BCUT2D eigenvalue weighted by Crippen LogP contribution is -1.97. The molecule has 0 aliphatic heterocycles. The Morgan fingerprint density at radius 3 is 1.64 bits per heavy atom. The number of hydrogen-bond donors (Lipinski definition) is 0. The fourth-order valence-corrected chi connectivity index (χ4v) is 8.14. The van der Waals surface area contributed by atoms with Gasteiger partial charge in [-0.1, -0.05) is 127 Å². The topological polar surface area (TPSA) is 48.5 Å². The maximum atomic E-state index is 5.06. The van der Waals surface area contributed by atoms with Crippen LogP contribution in [0.5, 0.6) is 0 Å². The third kappa shape index (κ3) is 5.29. The second-order valence-electron chi connectivity index (χ2n) is 14.1. The lowest BCUT2D eigenvalue weighted by Gasteiger charge is -2.12. The van der Waals surface area contributed by atoms with Gasteiger partial charge in [-0.05, 0) is 77.9 Å². The van der Waals surface area contributed by atoms with Crippen LogP contribution in [0.3, 0.4) is 0 Å². The van der Waals surface area contributed by atoms with E-state index >= 15 is 0 Å². The number of pyridine rings is 1. The summed E-state index contributed by atoms with van der Waals surface area (Å²) in [7, 11) is 0. The van der Waals surface area contributed by atoms with Crippen LogP contribution in [0.25, 0.3) is 100 Å². The van der Waals surface area contributed by atoms with Crippen molar-refractivity contribution in [3.63, 3.8) is 0 Å². The van der Waals surface area contributed by atoms with Gasteiger partial charge >= 0.3 is 0 Å². The average Bonchev–Trinajstić information content (AvgIpc) is 3.79. The first-order valence-electron chi connectivity index (χ1n) is 18.9. The molecule has 0 N–H and O–H groups in total. The Morgan fingerprint density at radius 2 is 0.875 bits per heavy atom. The Labute approximate surface area is 323 Å². The molecule has 0 saturated carbocycles. The minimum absolute atomic E-state index is 0.702. The summed E-state index contributed by atoms with van der Waals surface area (Å²) in [6.07, 6.45) is 1.88. The summed E-state index contributed by atoms with van der Waals surface area (Å²) >= 11 is 0. The van der Waals surface area contributed by atoms with Gasteiger partial charge in [0.2, 0.25) is 0 Å². The van der Waals surface area contributed by atoms with E-state index < -0.39 is 0 Å². The van der Waals surface area contributed by atoms with Crippen molar-refractivity contribution in [2.45, 2.75) is 0 Å². The highest BCUT2D eigenvalue weighted by Crippen LogP contribution is 2.38. The van der Waals surface area contributed by atoms with Crippen LogP contribution >= 0.6 is 0 Å². The minimum atomic E-state index is 0.702. The van der Waals surface area contributed by atoms with Crippen molar-refractivity contribution < 1.29 is 0 Å². The quantitative estimate of drug-likeness (QED) is 0.172. The van der Waals surface area contributed by atoms with E-state index in [1.165, 1.54) is 32.8 Å². The molecule has 5 heteroatoms. The summed E-state index contributed by atoms with van der Waals surface area (Å²) in [6.45, 7) is 0. The predicted octanol–water partition coefficient (Wildman–Crippen LogP) is 12.7. The second-order valence-corrected chi connectivity index (χ2v) is 14.1. The van der Waals surface area contributed by atoms with Gasteiger partial charge in [-0.3, -0.25) is 4.57 Å². The Hall–Kier alpha value is -7.63. The van der Waals surface area contributed by atoms with Crippen LogP contribution in [-0.4, -0.2) is 24.1 Å². The van der Waals surface area contributed by atoms with Crippen LogP contribution in [-0.2, 0) is 0 Å². The highest BCUT2D eigenvalue weighted by molar-refractivity contribution is 6.12. The number of aromatic nitrogens is 5. The summed E-state index contributed by atoms with van der Waals surface area (Å²) in [5.41, 5.74) is 13.7. The molecule has 4 aromatic heterocycles. The fourth-order valence-electron chi connectivity index (χ4n) is 8.14. The van der Waals surface area contributed by atoms with Gasteiger partial charge < -0.3 is 4.57 Å². The molecule has 0 saturated heterocycles. The molecular formula is C51H33N5. The normalized spacial score (nSPS) is 11.6. The fraction of sp³-hybridized carbons (Fsp3) is 0. The molecule has 0 fully saturated rings. The van der Waals surface area contributed by atoms with E-state index in [-0.39, 0.29) is 0 Å². The van der Waals surface area contributed by atoms with Crippen LogP contribution in [0.2, 0.25) is 0 Å². The average molecular weight is 716 g/mol. The summed E-state index contributed by atoms with van der Waals surface area (Å²) in [5, 5.41) is 4.76. The SMILES string of the molecule is c1ccc(-c2cc(-c3ccc(-n4c5cc(-c6ccc7c(c6)c6ccccc6n7-c6ccccc6)ccc5c5cccnc54)cc3)nc(-c3ccccc3)n2)cc1. The third-order valence-electron chi connectivity index (χ3n) is 10.8. The molecule has 4 heterocycles. The molecule has 5 nitrogen and oxygen atoms in total. The zero-order valence-corrected chi connectivity index (χ0v) is 30.3. The van der Waals surface area contributed by atoms with E-state index in [4.69, 9.17) is 15.0 Å². The molecule has 0 spiro atoms. The zero-order chi connectivity index (χ0) is 37.0. The first kappa shape index (κ1) is 31.9. The van der Waals surface area contributed by atoms with Crippen LogP contribution < -0.4 is 0 Å². The van der Waals surface area contributed by atoms with E-state index in [0.29, 0.717) is 5.82 Å². The van der Waals surface area contributed by atoms with Gasteiger partial charge in [-0.25, -0.2) is 15.0 Å². The maximum absolute atomic E-state index is 5.06. The number of fused-ring (bicyclic) bond motifs is 6. The highest BCUT2D eigenvalue weighted by Gasteiger charge is 2.17. The summed E-state index contributed by atoms with van der Waals surface area (Å²) in [4.78, 5) is 15.0. The standard InChI is InChI=1S/C51H33N5/c1-4-13-34(14-5-1)45-33-46(54-50(53-45)36-15-6-2-7-16-36)35-22-26-40(27-23-35)56-49-32-38(24-28-42(49)43-20-12-30-52-51(43)56)37-25-29-48-44(31-37)41-19-10-11-21-47(41)55(48)39-17-8-3-9-18-39/h1-33H. The molecule has 262 valence electrons. The smallest absolute Gasteiger partial charge is 0.160 e. The second kappa shape index (κ2) is 13.0. The Kier molecular flexibility index (Phi) is 7.42.